The molecular weight excluding hydrogens is 408 g/mol. The van der Waals surface area contributed by atoms with E-state index in [1.165, 1.54) is 5.56 Å². The van der Waals surface area contributed by atoms with E-state index in [1.54, 1.807) is 6.92 Å². The standard InChI is InChI=1S/C29H36N2O2/c1-22(2)19-26(31-28(33)16-15-24-11-6-4-7-12-24)21-29(17-10-18-30-29)27(20-23(3)32)25-13-8-5-9-14-25/h4-14,17-18,22,26-27H,15-16,19-21H2,1-3H3,(H,31,33). The number of nitrogens with zero attached hydrogens (tertiary/aromatic N) is 1. The number of rotatable bonds is 12. The summed E-state index contributed by atoms with van der Waals surface area (Å²) in [6.07, 6.45) is 9.06. The molecule has 0 aliphatic carbocycles. The van der Waals surface area contributed by atoms with Crippen molar-refractivity contribution in [2.45, 2.75) is 70.4 Å². The number of carbonyl (C=O) groups excluding carboxylic acids is 2. The Bertz CT molecular complexity index is 952. The third-order valence-electron chi connectivity index (χ3n) is 6.26. The van der Waals surface area contributed by atoms with Gasteiger partial charge in [-0.15, -0.1) is 0 Å². The molecule has 1 amide bonds. The molecule has 33 heavy (non-hydrogen) atoms. The summed E-state index contributed by atoms with van der Waals surface area (Å²) in [7, 11) is 0. The highest BCUT2D eigenvalue weighted by atomic mass is 16.1. The molecule has 3 unspecified atom stereocenters. The average Bonchev–Trinajstić information content (AvgIpc) is 3.26. The third kappa shape index (κ3) is 7.24. The highest BCUT2D eigenvalue weighted by Crippen LogP contribution is 2.41. The number of amides is 1. The molecule has 1 heterocycles. The topological polar surface area (TPSA) is 58.5 Å². The molecule has 1 N–H and O–H groups in total. The van der Waals surface area contributed by atoms with E-state index in [9.17, 15) is 9.59 Å². The van der Waals surface area contributed by atoms with Gasteiger partial charge in [0.2, 0.25) is 5.91 Å². The van der Waals surface area contributed by atoms with Crippen LogP contribution in [0.15, 0.2) is 77.8 Å². The Balaban J connectivity index is 1.79. The van der Waals surface area contributed by atoms with Gasteiger partial charge in [-0.2, -0.15) is 0 Å². The molecule has 0 bridgehead atoms. The first-order valence-electron chi connectivity index (χ1n) is 12.0. The van der Waals surface area contributed by atoms with Crippen LogP contribution in [-0.2, 0) is 16.0 Å². The normalized spacial score (nSPS) is 18.9. The number of benzene rings is 2. The van der Waals surface area contributed by atoms with Crippen molar-refractivity contribution in [3.63, 3.8) is 0 Å². The molecule has 2 aromatic carbocycles. The van der Waals surface area contributed by atoms with Gasteiger partial charge in [-0.3, -0.25) is 9.79 Å². The van der Waals surface area contributed by atoms with Crippen LogP contribution in [0, 0.1) is 5.92 Å². The van der Waals surface area contributed by atoms with Crippen LogP contribution in [-0.4, -0.2) is 29.5 Å². The molecular formula is C29H36N2O2. The zero-order valence-corrected chi connectivity index (χ0v) is 20.0. The fraction of sp³-hybridized carbons (Fsp3) is 0.414. The van der Waals surface area contributed by atoms with Crippen LogP contribution < -0.4 is 5.32 Å². The van der Waals surface area contributed by atoms with Crippen molar-refractivity contribution in [2.24, 2.45) is 10.9 Å². The van der Waals surface area contributed by atoms with Gasteiger partial charge in [0.15, 0.2) is 0 Å². The van der Waals surface area contributed by atoms with Crippen LogP contribution in [0.5, 0.6) is 0 Å². The lowest BCUT2D eigenvalue weighted by atomic mass is 9.73. The first-order chi connectivity index (χ1) is 15.9. The predicted molar refractivity (Wildman–Crippen MR) is 136 cm³/mol. The van der Waals surface area contributed by atoms with Crippen molar-refractivity contribution in [3.05, 3.63) is 83.9 Å². The summed E-state index contributed by atoms with van der Waals surface area (Å²) in [6, 6.07) is 20.2. The van der Waals surface area contributed by atoms with Gasteiger partial charge in [0.05, 0.1) is 5.54 Å². The molecule has 3 rings (SSSR count). The first kappa shape index (κ1) is 24.6. The Kier molecular flexibility index (Phi) is 8.76. The van der Waals surface area contributed by atoms with Crippen LogP contribution in [0.4, 0.5) is 0 Å². The number of Topliss-reactive ketones (excluding diaryl/α,β-unsaturated/α-hetero) is 1. The molecule has 0 saturated carbocycles. The van der Waals surface area contributed by atoms with E-state index in [4.69, 9.17) is 4.99 Å². The van der Waals surface area contributed by atoms with Gasteiger partial charge in [-0.25, -0.2) is 0 Å². The Morgan fingerprint density at radius 2 is 1.67 bits per heavy atom. The monoisotopic (exact) mass is 444 g/mol. The third-order valence-corrected chi connectivity index (χ3v) is 6.26. The lowest BCUT2D eigenvalue weighted by molar-refractivity contribution is -0.122. The minimum atomic E-state index is -0.542. The molecule has 0 spiro atoms. The molecule has 4 nitrogen and oxygen atoms in total. The second-order valence-corrected chi connectivity index (χ2v) is 9.58. The molecule has 1 aliphatic heterocycles. The molecule has 0 aromatic heterocycles. The maximum Gasteiger partial charge on any atom is 0.220 e. The SMILES string of the molecule is CC(=O)CC(c1ccccc1)C1(CC(CC(C)C)NC(=O)CCc2ccccc2)C=CC=N1. The van der Waals surface area contributed by atoms with E-state index in [-0.39, 0.29) is 23.7 Å². The van der Waals surface area contributed by atoms with Crippen molar-refractivity contribution in [1.82, 2.24) is 5.32 Å². The Labute approximate surface area is 198 Å². The van der Waals surface area contributed by atoms with Crippen LogP contribution in [0.25, 0.3) is 0 Å². The van der Waals surface area contributed by atoms with E-state index < -0.39 is 5.54 Å². The summed E-state index contributed by atoms with van der Waals surface area (Å²) < 4.78 is 0. The Morgan fingerprint density at radius 1 is 1.00 bits per heavy atom. The van der Waals surface area contributed by atoms with Crippen molar-refractivity contribution < 1.29 is 9.59 Å². The summed E-state index contributed by atoms with van der Waals surface area (Å²) in [5.41, 5.74) is 1.73. The number of nitrogens with one attached hydrogen (secondary N) is 1. The van der Waals surface area contributed by atoms with Crippen molar-refractivity contribution in [3.8, 4) is 0 Å². The maximum absolute atomic E-state index is 12.9. The second-order valence-electron chi connectivity index (χ2n) is 9.58. The molecule has 2 aromatic rings. The maximum atomic E-state index is 12.9. The molecule has 4 heteroatoms. The molecule has 0 fully saturated rings. The number of aryl methyl sites for hydroxylation is 1. The van der Waals surface area contributed by atoms with E-state index >= 15 is 0 Å². The van der Waals surface area contributed by atoms with E-state index in [2.05, 4.69) is 49.5 Å². The van der Waals surface area contributed by atoms with Gasteiger partial charge in [-0.1, -0.05) is 80.6 Å². The fourth-order valence-electron chi connectivity index (χ4n) is 4.82. The lowest BCUT2D eigenvalue weighted by Crippen LogP contribution is -2.44. The van der Waals surface area contributed by atoms with E-state index in [0.29, 0.717) is 25.2 Å². The minimum absolute atomic E-state index is 0.0219. The number of carbonyl (C=O) groups is 2. The van der Waals surface area contributed by atoms with E-state index in [1.807, 2.05) is 48.7 Å². The Hall–Kier alpha value is -3.01. The summed E-state index contributed by atoms with van der Waals surface area (Å²) in [6.45, 7) is 5.99. The van der Waals surface area contributed by atoms with Crippen LogP contribution in [0.1, 0.15) is 63.5 Å². The van der Waals surface area contributed by atoms with Crippen LogP contribution in [0.3, 0.4) is 0 Å². The molecule has 0 saturated heterocycles. The van der Waals surface area contributed by atoms with Gasteiger partial charge >= 0.3 is 0 Å². The fourth-order valence-corrected chi connectivity index (χ4v) is 4.82. The van der Waals surface area contributed by atoms with Crippen molar-refractivity contribution in [1.29, 1.82) is 0 Å². The van der Waals surface area contributed by atoms with Crippen LogP contribution >= 0.6 is 0 Å². The molecule has 174 valence electrons. The zero-order chi connectivity index (χ0) is 23.7. The van der Waals surface area contributed by atoms with Gasteiger partial charge < -0.3 is 10.1 Å². The summed E-state index contributed by atoms with van der Waals surface area (Å²) >= 11 is 0. The number of hydrogen-bond acceptors (Lipinski definition) is 3. The van der Waals surface area contributed by atoms with Crippen LogP contribution in [0.2, 0.25) is 0 Å². The molecule has 1 aliphatic rings. The predicted octanol–water partition coefficient (Wildman–Crippen LogP) is 5.68. The quantitative estimate of drug-likeness (QED) is 0.458. The van der Waals surface area contributed by atoms with Gasteiger partial charge in [-0.05, 0) is 49.3 Å². The van der Waals surface area contributed by atoms with Crippen molar-refractivity contribution in [2.75, 3.05) is 0 Å². The highest BCUT2D eigenvalue weighted by Gasteiger charge is 2.41. The summed E-state index contributed by atoms with van der Waals surface area (Å²) in [4.78, 5) is 30.0. The van der Waals surface area contributed by atoms with Gasteiger partial charge in [0.25, 0.3) is 0 Å². The van der Waals surface area contributed by atoms with E-state index in [0.717, 1.165) is 18.4 Å². The van der Waals surface area contributed by atoms with Gasteiger partial charge in [0.1, 0.15) is 5.78 Å². The number of hydrogen-bond donors (Lipinski definition) is 1. The average molecular weight is 445 g/mol. The highest BCUT2D eigenvalue weighted by molar-refractivity contribution is 5.79. The molecule has 0 radical (unpaired) electrons. The zero-order valence-electron chi connectivity index (χ0n) is 20.0. The number of allylic oxidation sites excluding steroid dienone is 1. The van der Waals surface area contributed by atoms with Gasteiger partial charge in [0, 0.05) is 31.0 Å². The smallest absolute Gasteiger partial charge is 0.220 e. The largest absolute Gasteiger partial charge is 0.353 e. The number of aliphatic imine (C=N–C) groups is 1. The lowest BCUT2D eigenvalue weighted by Gasteiger charge is -2.37. The number of ketones is 1. The first-order valence-corrected chi connectivity index (χ1v) is 12.0. The molecule has 3 atom stereocenters. The second kappa shape index (κ2) is 11.7. The van der Waals surface area contributed by atoms with Crippen molar-refractivity contribution >= 4 is 17.9 Å². The Morgan fingerprint density at radius 3 is 2.24 bits per heavy atom. The minimum Gasteiger partial charge on any atom is -0.353 e. The summed E-state index contributed by atoms with van der Waals surface area (Å²) in [5, 5.41) is 3.30. The summed E-state index contributed by atoms with van der Waals surface area (Å²) in [5.74, 6) is 0.570.